The maximum Gasteiger partial charge on any atom is 0.342 e. The highest BCUT2D eigenvalue weighted by Gasteiger charge is 2.51. The van der Waals surface area contributed by atoms with Crippen molar-refractivity contribution in [1.82, 2.24) is 4.98 Å². The van der Waals surface area contributed by atoms with E-state index in [0.717, 1.165) is 0 Å². The number of aromatic amines is 1. The van der Waals surface area contributed by atoms with Crippen molar-refractivity contribution in [3.63, 3.8) is 0 Å². The Hall–Kier alpha value is -2.39. The maximum atomic E-state index is 14.2. The van der Waals surface area contributed by atoms with E-state index in [1.54, 1.807) is 6.92 Å². The van der Waals surface area contributed by atoms with Crippen LogP contribution in [0.5, 0.6) is 0 Å². The quantitative estimate of drug-likeness (QED) is 0.911. The molecular weight excluding hydrogens is 299 g/mol. The van der Waals surface area contributed by atoms with Gasteiger partial charge in [-0.15, -0.1) is 0 Å². The topological polar surface area (TPSA) is 86.1 Å². The third-order valence-corrected chi connectivity index (χ3v) is 4.81. The number of carboxylic acid groups (broad SMARTS) is 1. The van der Waals surface area contributed by atoms with Gasteiger partial charge in [-0.3, -0.25) is 0 Å². The molecule has 2 aromatic rings. The van der Waals surface area contributed by atoms with Gasteiger partial charge in [0.1, 0.15) is 5.82 Å². The first-order valence-electron chi connectivity index (χ1n) is 7.58. The number of benzene rings is 1. The molecule has 2 atom stereocenters. The van der Waals surface area contributed by atoms with Crippen molar-refractivity contribution >= 4 is 16.9 Å². The molecule has 0 saturated heterocycles. The van der Waals surface area contributed by atoms with E-state index in [0.29, 0.717) is 35.0 Å². The number of nitriles is 1. The minimum atomic E-state index is -1.54. The van der Waals surface area contributed by atoms with Crippen molar-refractivity contribution in [3.8, 4) is 6.07 Å². The standard InChI is InChI=1S/C17H17FN2O3/c1-3-9(2)17(16(21)22)15-11(6-7-23-17)13-10(8-19)4-5-12(18)14(13)20-15/h4-5,9,20H,3,6-7H2,1-2H3,(H,21,22). The van der Waals surface area contributed by atoms with E-state index in [9.17, 15) is 19.6 Å². The van der Waals surface area contributed by atoms with Gasteiger partial charge in [-0.1, -0.05) is 13.8 Å². The lowest BCUT2D eigenvalue weighted by atomic mass is 9.79. The van der Waals surface area contributed by atoms with E-state index in [2.05, 4.69) is 11.1 Å². The second-order valence-electron chi connectivity index (χ2n) is 5.88. The molecule has 2 unspecified atom stereocenters. The molecule has 6 heteroatoms. The van der Waals surface area contributed by atoms with E-state index in [1.165, 1.54) is 12.1 Å². The van der Waals surface area contributed by atoms with Gasteiger partial charge in [-0.2, -0.15) is 5.26 Å². The SMILES string of the molecule is CCC(C)C1(C(=O)O)OCCc2c1[nH]c1c(F)ccc(C#N)c21. The van der Waals surface area contributed by atoms with Crippen LogP contribution >= 0.6 is 0 Å². The molecule has 0 aliphatic carbocycles. The number of rotatable bonds is 3. The summed E-state index contributed by atoms with van der Waals surface area (Å²) in [6.45, 7) is 3.91. The molecule has 3 rings (SSSR count). The number of halogens is 1. The average Bonchev–Trinajstić information content (AvgIpc) is 2.95. The Morgan fingerprint density at radius 2 is 2.35 bits per heavy atom. The van der Waals surface area contributed by atoms with Gasteiger partial charge < -0.3 is 14.8 Å². The minimum absolute atomic E-state index is 0.175. The predicted molar refractivity (Wildman–Crippen MR) is 81.4 cm³/mol. The van der Waals surface area contributed by atoms with Crippen LogP contribution in [0.2, 0.25) is 0 Å². The van der Waals surface area contributed by atoms with Gasteiger partial charge in [0.2, 0.25) is 5.60 Å². The van der Waals surface area contributed by atoms with Crippen molar-refractivity contribution in [2.75, 3.05) is 6.61 Å². The summed E-state index contributed by atoms with van der Waals surface area (Å²) >= 11 is 0. The molecule has 1 aliphatic heterocycles. The fourth-order valence-electron chi connectivity index (χ4n) is 3.44. The number of aromatic nitrogens is 1. The predicted octanol–water partition coefficient (Wildman–Crippen LogP) is 3.08. The molecule has 0 fully saturated rings. The van der Waals surface area contributed by atoms with E-state index in [4.69, 9.17) is 4.74 Å². The largest absolute Gasteiger partial charge is 0.479 e. The van der Waals surface area contributed by atoms with Crippen molar-refractivity contribution in [3.05, 3.63) is 34.8 Å². The smallest absolute Gasteiger partial charge is 0.342 e. The number of nitrogens with zero attached hydrogens (tertiary/aromatic N) is 1. The number of H-pyrrole nitrogens is 1. The molecule has 0 spiro atoms. The fraction of sp³-hybridized carbons (Fsp3) is 0.412. The van der Waals surface area contributed by atoms with Crippen LogP contribution in [0.1, 0.15) is 37.1 Å². The highest BCUT2D eigenvalue weighted by atomic mass is 19.1. The van der Waals surface area contributed by atoms with Gasteiger partial charge in [-0.05, 0) is 30.5 Å². The first-order chi connectivity index (χ1) is 11.0. The molecule has 0 bridgehead atoms. The summed E-state index contributed by atoms with van der Waals surface area (Å²) in [5.74, 6) is -1.91. The number of nitrogens with one attached hydrogen (secondary N) is 1. The lowest BCUT2D eigenvalue weighted by molar-refractivity contribution is -0.179. The van der Waals surface area contributed by atoms with Crippen LogP contribution in [0, 0.1) is 23.1 Å². The highest BCUT2D eigenvalue weighted by molar-refractivity contribution is 5.93. The zero-order valence-electron chi connectivity index (χ0n) is 12.9. The molecule has 1 aromatic carbocycles. The van der Waals surface area contributed by atoms with Crippen LogP contribution in [0.15, 0.2) is 12.1 Å². The number of hydrogen-bond donors (Lipinski definition) is 2. The Morgan fingerprint density at radius 1 is 1.61 bits per heavy atom. The summed E-state index contributed by atoms with van der Waals surface area (Å²) < 4.78 is 19.9. The number of carbonyl (C=O) groups is 1. The first kappa shape index (κ1) is 15.5. The molecule has 1 aliphatic rings. The van der Waals surface area contributed by atoms with E-state index < -0.39 is 17.4 Å². The summed E-state index contributed by atoms with van der Waals surface area (Å²) in [5, 5.41) is 19.6. The van der Waals surface area contributed by atoms with E-state index in [1.807, 2.05) is 6.92 Å². The Bertz CT molecular complexity index is 836. The maximum absolute atomic E-state index is 14.2. The van der Waals surface area contributed by atoms with Crippen LogP contribution in [-0.2, 0) is 21.6 Å². The highest BCUT2D eigenvalue weighted by Crippen LogP contribution is 2.44. The average molecular weight is 316 g/mol. The third-order valence-electron chi connectivity index (χ3n) is 4.81. The van der Waals surface area contributed by atoms with Crippen LogP contribution in [0.25, 0.3) is 10.9 Å². The Balaban J connectivity index is 2.41. The first-order valence-corrected chi connectivity index (χ1v) is 7.58. The van der Waals surface area contributed by atoms with Crippen LogP contribution < -0.4 is 0 Å². The van der Waals surface area contributed by atoms with Gasteiger partial charge in [0.25, 0.3) is 0 Å². The van der Waals surface area contributed by atoms with Crippen molar-refractivity contribution in [2.24, 2.45) is 5.92 Å². The number of carboxylic acids is 1. The molecule has 2 N–H and O–H groups in total. The summed E-state index contributed by atoms with van der Waals surface area (Å²) in [6, 6.07) is 4.70. The summed E-state index contributed by atoms with van der Waals surface area (Å²) in [6.07, 6.45) is 1.04. The molecule has 23 heavy (non-hydrogen) atoms. The van der Waals surface area contributed by atoms with Crippen molar-refractivity contribution < 1.29 is 19.0 Å². The van der Waals surface area contributed by atoms with Gasteiger partial charge in [0.05, 0.1) is 29.5 Å². The number of fused-ring (bicyclic) bond motifs is 3. The lowest BCUT2D eigenvalue weighted by Crippen LogP contribution is -2.48. The van der Waals surface area contributed by atoms with Crippen molar-refractivity contribution in [2.45, 2.75) is 32.3 Å². The second-order valence-corrected chi connectivity index (χ2v) is 5.88. The monoisotopic (exact) mass is 316 g/mol. The molecule has 0 radical (unpaired) electrons. The molecule has 5 nitrogen and oxygen atoms in total. The lowest BCUT2D eigenvalue weighted by Gasteiger charge is -2.37. The van der Waals surface area contributed by atoms with Crippen molar-refractivity contribution in [1.29, 1.82) is 5.26 Å². The Kier molecular flexibility index (Phi) is 3.61. The van der Waals surface area contributed by atoms with Crippen LogP contribution in [0.3, 0.4) is 0 Å². The summed E-state index contributed by atoms with van der Waals surface area (Å²) in [5.41, 5.74) is 0.00507. The van der Waals surface area contributed by atoms with Gasteiger partial charge in [-0.25, -0.2) is 9.18 Å². The third kappa shape index (κ3) is 1.97. The number of ether oxygens (including phenoxy) is 1. The zero-order valence-corrected chi connectivity index (χ0v) is 12.9. The minimum Gasteiger partial charge on any atom is -0.479 e. The van der Waals surface area contributed by atoms with Gasteiger partial charge >= 0.3 is 5.97 Å². The summed E-state index contributed by atoms with van der Waals surface area (Å²) in [7, 11) is 0. The van der Waals surface area contributed by atoms with Crippen LogP contribution in [0.4, 0.5) is 4.39 Å². The number of hydrogen-bond acceptors (Lipinski definition) is 3. The molecule has 1 aromatic heterocycles. The van der Waals surface area contributed by atoms with E-state index in [-0.39, 0.29) is 18.0 Å². The van der Waals surface area contributed by atoms with Gasteiger partial charge in [0.15, 0.2) is 0 Å². The molecule has 120 valence electrons. The fourth-order valence-corrected chi connectivity index (χ4v) is 3.44. The van der Waals surface area contributed by atoms with Crippen LogP contribution in [-0.4, -0.2) is 22.7 Å². The normalized spacial score (nSPS) is 21.7. The Labute approximate surface area is 132 Å². The molecular formula is C17H17FN2O3. The molecule has 2 heterocycles. The Morgan fingerprint density at radius 3 is 2.96 bits per heavy atom. The number of aliphatic carboxylic acids is 1. The van der Waals surface area contributed by atoms with Gasteiger partial charge in [0, 0.05) is 11.3 Å². The molecule has 0 saturated carbocycles. The van der Waals surface area contributed by atoms with E-state index >= 15 is 0 Å². The zero-order chi connectivity index (χ0) is 16.8. The summed E-state index contributed by atoms with van der Waals surface area (Å²) in [4.78, 5) is 15.0. The second kappa shape index (κ2) is 5.36. The molecule has 0 amide bonds.